The molecule has 0 aromatic rings. The Morgan fingerprint density at radius 1 is 1.22 bits per heavy atom. The van der Waals surface area contributed by atoms with Crippen molar-refractivity contribution in [2.24, 2.45) is 11.7 Å². The van der Waals surface area contributed by atoms with E-state index >= 15 is 0 Å². The van der Waals surface area contributed by atoms with Crippen LogP contribution in [0.5, 0.6) is 0 Å². The summed E-state index contributed by atoms with van der Waals surface area (Å²) in [6, 6.07) is 0. The first-order valence-electron chi connectivity index (χ1n) is 7.08. The van der Waals surface area contributed by atoms with Crippen LogP contribution in [0.2, 0.25) is 0 Å². The fourth-order valence-corrected chi connectivity index (χ4v) is 2.83. The SMILES string of the molecule is CN1CCN(C(=O)CN2CCCC(CN)C2)CC1. The number of nitrogens with two attached hydrogens (primary N) is 1. The van der Waals surface area contributed by atoms with Crippen LogP contribution in [0.3, 0.4) is 0 Å². The number of carbonyl (C=O) groups is 1. The van der Waals surface area contributed by atoms with Gasteiger partial charge < -0.3 is 15.5 Å². The summed E-state index contributed by atoms with van der Waals surface area (Å²) in [6.45, 7) is 7.13. The van der Waals surface area contributed by atoms with Crippen molar-refractivity contribution in [2.75, 3.05) is 59.4 Å². The molecule has 104 valence electrons. The highest BCUT2D eigenvalue weighted by molar-refractivity contribution is 5.78. The molecular weight excluding hydrogens is 228 g/mol. The topological polar surface area (TPSA) is 52.8 Å². The van der Waals surface area contributed by atoms with Crippen molar-refractivity contribution >= 4 is 5.91 Å². The van der Waals surface area contributed by atoms with E-state index in [0.29, 0.717) is 18.4 Å². The van der Waals surface area contributed by atoms with Crippen molar-refractivity contribution in [3.05, 3.63) is 0 Å². The van der Waals surface area contributed by atoms with E-state index in [9.17, 15) is 4.79 Å². The summed E-state index contributed by atoms with van der Waals surface area (Å²) >= 11 is 0. The molecule has 1 amide bonds. The maximum Gasteiger partial charge on any atom is 0.236 e. The molecular formula is C13H26N4O. The normalized spacial score (nSPS) is 27.4. The van der Waals surface area contributed by atoms with Crippen molar-refractivity contribution in [2.45, 2.75) is 12.8 Å². The molecule has 0 spiro atoms. The summed E-state index contributed by atoms with van der Waals surface area (Å²) in [7, 11) is 2.11. The molecule has 2 rings (SSSR count). The Kier molecular flexibility index (Phi) is 4.97. The minimum Gasteiger partial charge on any atom is -0.339 e. The highest BCUT2D eigenvalue weighted by Gasteiger charge is 2.24. The molecule has 0 aromatic carbocycles. The van der Waals surface area contributed by atoms with Gasteiger partial charge in [-0.05, 0) is 38.9 Å². The zero-order valence-electron chi connectivity index (χ0n) is 11.5. The number of hydrogen-bond donors (Lipinski definition) is 1. The molecule has 1 atom stereocenters. The summed E-state index contributed by atoms with van der Waals surface area (Å²) in [5, 5.41) is 0. The van der Waals surface area contributed by atoms with Crippen LogP contribution in [-0.2, 0) is 4.79 Å². The number of carbonyl (C=O) groups excluding carboxylic acids is 1. The molecule has 5 nitrogen and oxygen atoms in total. The lowest BCUT2D eigenvalue weighted by Gasteiger charge is -2.36. The van der Waals surface area contributed by atoms with Crippen LogP contribution >= 0.6 is 0 Å². The van der Waals surface area contributed by atoms with Gasteiger partial charge in [-0.2, -0.15) is 0 Å². The summed E-state index contributed by atoms with van der Waals surface area (Å²) in [6.07, 6.45) is 2.40. The quantitative estimate of drug-likeness (QED) is 0.733. The number of amides is 1. The Morgan fingerprint density at radius 2 is 1.94 bits per heavy atom. The van der Waals surface area contributed by atoms with Gasteiger partial charge in [-0.15, -0.1) is 0 Å². The number of rotatable bonds is 3. The van der Waals surface area contributed by atoms with Crippen molar-refractivity contribution in [1.29, 1.82) is 0 Å². The van der Waals surface area contributed by atoms with Crippen molar-refractivity contribution < 1.29 is 4.79 Å². The standard InChI is InChI=1S/C13H26N4O/c1-15-5-7-17(8-6-15)13(18)11-16-4-2-3-12(9-14)10-16/h12H,2-11,14H2,1H3. The van der Waals surface area contributed by atoms with Crippen molar-refractivity contribution in [1.82, 2.24) is 14.7 Å². The first-order chi connectivity index (χ1) is 8.69. The zero-order chi connectivity index (χ0) is 13.0. The molecule has 2 fully saturated rings. The third kappa shape index (κ3) is 3.67. The van der Waals surface area contributed by atoms with E-state index in [4.69, 9.17) is 5.73 Å². The molecule has 5 heteroatoms. The molecule has 0 radical (unpaired) electrons. The third-order valence-electron chi connectivity index (χ3n) is 4.15. The summed E-state index contributed by atoms with van der Waals surface area (Å²) < 4.78 is 0. The lowest BCUT2D eigenvalue weighted by molar-refractivity contribution is -0.134. The molecule has 2 aliphatic heterocycles. The lowest BCUT2D eigenvalue weighted by Crippen LogP contribution is -2.51. The minimum absolute atomic E-state index is 0.292. The van der Waals surface area contributed by atoms with E-state index in [-0.39, 0.29) is 0 Å². The number of hydrogen-bond acceptors (Lipinski definition) is 4. The van der Waals surface area contributed by atoms with E-state index in [0.717, 1.165) is 45.8 Å². The molecule has 1 unspecified atom stereocenters. The van der Waals surface area contributed by atoms with Crippen LogP contribution in [-0.4, -0.2) is 80.0 Å². The number of likely N-dealkylation sites (tertiary alicyclic amines) is 1. The largest absolute Gasteiger partial charge is 0.339 e. The van der Waals surface area contributed by atoms with Gasteiger partial charge in [0.2, 0.25) is 5.91 Å². The average molecular weight is 254 g/mol. The Morgan fingerprint density at radius 3 is 2.61 bits per heavy atom. The van der Waals surface area contributed by atoms with E-state index in [1.165, 1.54) is 12.8 Å². The number of piperazine rings is 1. The maximum atomic E-state index is 12.2. The van der Waals surface area contributed by atoms with E-state index in [1.807, 2.05) is 4.90 Å². The molecule has 2 heterocycles. The van der Waals surface area contributed by atoms with Gasteiger partial charge in [0.25, 0.3) is 0 Å². The molecule has 0 saturated carbocycles. The summed E-state index contributed by atoms with van der Waals surface area (Å²) in [4.78, 5) is 18.8. The van der Waals surface area contributed by atoms with Crippen LogP contribution < -0.4 is 5.73 Å². The van der Waals surface area contributed by atoms with Gasteiger partial charge in [-0.25, -0.2) is 0 Å². The van der Waals surface area contributed by atoms with Gasteiger partial charge >= 0.3 is 0 Å². The Hall–Kier alpha value is -0.650. The van der Waals surface area contributed by atoms with E-state index < -0.39 is 0 Å². The molecule has 18 heavy (non-hydrogen) atoms. The number of nitrogens with zero attached hydrogens (tertiary/aromatic N) is 3. The fraction of sp³-hybridized carbons (Fsp3) is 0.923. The Labute approximate surface area is 110 Å². The van der Waals surface area contributed by atoms with Gasteiger partial charge in [0.1, 0.15) is 0 Å². The minimum atomic E-state index is 0.292. The number of likely N-dealkylation sites (N-methyl/N-ethyl adjacent to an activating group) is 1. The van der Waals surface area contributed by atoms with Gasteiger partial charge in [0, 0.05) is 32.7 Å². The Balaban J connectivity index is 1.76. The predicted molar refractivity (Wildman–Crippen MR) is 72.3 cm³/mol. The molecule has 0 bridgehead atoms. The summed E-state index contributed by atoms with van der Waals surface area (Å²) in [5.74, 6) is 0.875. The van der Waals surface area contributed by atoms with Gasteiger partial charge in [0.15, 0.2) is 0 Å². The first-order valence-corrected chi connectivity index (χ1v) is 7.08. The van der Waals surface area contributed by atoms with Crippen molar-refractivity contribution in [3.63, 3.8) is 0 Å². The maximum absolute atomic E-state index is 12.2. The average Bonchev–Trinajstić information content (AvgIpc) is 2.39. The van der Waals surface area contributed by atoms with Gasteiger partial charge in [0.05, 0.1) is 6.54 Å². The van der Waals surface area contributed by atoms with Crippen LogP contribution in [0.4, 0.5) is 0 Å². The van der Waals surface area contributed by atoms with E-state index in [1.54, 1.807) is 0 Å². The molecule has 2 saturated heterocycles. The smallest absolute Gasteiger partial charge is 0.236 e. The lowest BCUT2D eigenvalue weighted by atomic mass is 9.98. The monoisotopic (exact) mass is 254 g/mol. The van der Waals surface area contributed by atoms with Crippen LogP contribution in [0, 0.1) is 5.92 Å². The predicted octanol–water partition coefficient (Wildman–Crippen LogP) is -0.569. The number of piperidine rings is 1. The summed E-state index contributed by atoms with van der Waals surface area (Å²) in [5.41, 5.74) is 5.73. The van der Waals surface area contributed by atoms with Crippen molar-refractivity contribution in [3.8, 4) is 0 Å². The molecule has 2 aliphatic rings. The fourth-order valence-electron chi connectivity index (χ4n) is 2.83. The highest BCUT2D eigenvalue weighted by Crippen LogP contribution is 2.15. The highest BCUT2D eigenvalue weighted by atomic mass is 16.2. The molecule has 2 N–H and O–H groups in total. The second kappa shape index (κ2) is 6.50. The van der Waals surface area contributed by atoms with Crippen LogP contribution in [0.15, 0.2) is 0 Å². The Bertz CT molecular complexity index is 276. The second-order valence-corrected chi connectivity index (χ2v) is 5.66. The van der Waals surface area contributed by atoms with Gasteiger partial charge in [-0.3, -0.25) is 9.69 Å². The van der Waals surface area contributed by atoms with Crippen LogP contribution in [0.1, 0.15) is 12.8 Å². The molecule has 0 aromatic heterocycles. The third-order valence-corrected chi connectivity index (χ3v) is 4.15. The van der Waals surface area contributed by atoms with E-state index in [2.05, 4.69) is 16.8 Å². The van der Waals surface area contributed by atoms with Crippen LogP contribution in [0.25, 0.3) is 0 Å². The first kappa shape index (κ1) is 13.8. The van der Waals surface area contributed by atoms with Gasteiger partial charge in [-0.1, -0.05) is 0 Å². The second-order valence-electron chi connectivity index (χ2n) is 5.66. The zero-order valence-corrected chi connectivity index (χ0v) is 11.5. The molecule has 0 aliphatic carbocycles.